The van der Waals surface area contributed by atoms with Crippen LogP contribution in [-0.4, -0.2) is 37.5 Å². The van der Waals surface area contributed by atoms with Crippen LogP contribution >= 0.6 is 0 Å². The number of allylic oxidation sites excluding steroid dienone is 10. The van der Waals surface area contributed by atoms with Gasteiger partial charge in [0.25, 0.3) is 0 Å². The molecule has 10 heteroatoms. The number of rotatable bonds is 8. The fourth-order valence-electron chi connectivity index (χ4n) is 12.2. The monoisotopic (exact) mass is 1330 g/mol. The molecule has 0 unspecified atom stereocenters. The quantitative estimate of drug-likeness (QED) is 0.115. The average molecular weight is 1330 g/mol. The third-order valence-electron chi connectivity index (χ3n) is 17.3. The topological polar surface area (TPSA) is 174 Å². The maximum Gasteiger partial charge on any atom is 0.184 e. The van der Waals surface area contributed by atoms with Crippen molar-refractivity contribution < 1.29 is 49.7 Å². The summed E-state index contributed by atoms with van der Waals surface area (Å²) in [6, 6.07) is 44.5. The fourth-order valence-corrected chi connectivity index (χ4v) is 12.2. The van der Waals surface area contributed by atoms with Crippen LogP contribution in [0, 0.1) is 125 Å². The molecule has 11 rings (SSSR count). The third kappa shape index (κ3) is 19.9. The minimum absolute atomic E-state index is 0. The molecule has 0 aliphatic heterocycles. The number of aromatic hydroxyl groups is 4. The van der Waals surface area contributed by atoms with Crippen molar-refractivity contribution in [2.24, 2.45) is 0 Å². The Hall–Kier alpha value is -10.4. The van der Waals surface area contributed by atoms with Gasteiger partial charge in [-0.05, 0) is 405 Å². The molecule has 9 aromatic carbocycles. The highest BCUT2D eigenvalue weighted by Gasteiger charge is 2.20. The predicted molar refractivity (Wildman–Crippen MR) is 411 cm³/mol. The number of Topliss-reactive ketones (excluding diaryl/α,β-unsaturated/α-hetero) is 2. The van der Waals surface area contributed by atoms with E-state index in [0.29, 0.717) is 23.0 Å². The van der Waals surface area contributed by atoms with Gasteiger partial charge in [0, 0.05) is 0 Å². The van der Waals surface area contributed by atoms with Gasteiger partial charge in [-0.3, -0.25) is 9.59 Å². The molecule has 0 bridgehead atoms. The molecule has 0 saturated carbocycles. The Kier molecular flexibility index (Phi) is 27.4. The van der Waals surface area contributed by atoms with Crippen molar-refractivity contribution in [2.75, 3.05) is 0 Å². The van der Waals surface area contributed by atoms with Gasteiger partial charge in [-0.15, -0.1) is 0 Å². The van der Waals surface area contributed by atoms with E-state index in [1.807, 2.05) is 156 Å². The first kappa shape index (κ1) is 79.3. The molecule has 6 N–H and O–H groups in total. The van der Waals surface area contributed by atoms with E-state index >= 15 is 0 Å². The van der Waals surface area contributed by atoms with Crippen LogP contribution in [0.1, 0.15) is 135 Å². The smallest absolute Gasteiger partial charge is 0.184 e. The number of para-hydroxylation sites is 3. The number of hydrogen-bond acceptors (Lipinski definition) is 9. The van der Waals surface area contributed by atoms with Crippen LogP contribution < -0.4 is 14.2 Å². The molecular formula is C89H102O10. The Labute approximate surface area is 589 Å². The first-order valence-corrected chi connectivity index (χ1v) is 32.8. The summed E-state index contributed by atoms with van der Waals surface area (Å²) >= 11 is 0. The van der Waals surface area contributed by atoms with Gasteiger partial charge in [0.2, 0.25) is 0 Å². The largest absolute Gasteiger partial charge is 0.508 e. The molecule has 10 nitrogen and oxygen atoms in total. The second kappa shape index (κ2) is 34.2. The lowest BCUT2D eigenvalue weighted by Crippen LogP contribution is -2.09. The number of ether oxygens (including phenoxy) is 3. The van der Waals surface area contributed by atoms with Crippen molar-refractivity contribution in [1.82, 2.24) is 0 Å². The first-order chi connectivity index (χ1) is 45.6. The summed E-state index contributed by atoms with van der Waals surface area (Å²) in [4.78, 5) is 23.4. The first-order valence-electron chi connectivity index (χ1n) is 32.8. The molecule has 0 spiro atoms. The van der Waals surface area contributed by atoms with E-state index in [0.717, 1.165) is 190 Å². The standard InChI is InChI=1S/C32H34O3.C24H26O2.C16H16O2.2C8H10O.CH4.H2O/c1-18-10-9-11-19(2)30(18)35-32-24(7)14-27(15-25(32)8)26-12-22(5)31(23(6)13-26)34-28-16-20(3)29(33)21(4)17-28;1-14-8-7-9-15(2)23(14)26-24-18(5)12-21(13-19(24)6)20-10-16(3)22(25)17(4)11-20;1-9-5-13(6-10(2)15(9)17)14-7-11(3)16(18)12(4)8-14;1-6-3-7(2)5-8(9)4-6;1-6-4-3-5-7(2)8(6)9;;/h9-17,33H,1-8H3;7-13,25H,1-6H3;5-8H,1-4H3;2*3-5,9H,1-2H3;1H4;1H2. The lowest BCUT2D eigenvalue weighted by molar-refractivity contribution is -0.113. The molecule has 0 atom stereocenters. The van der Waals surface area contributed by atoms with Crippen LogP contribution in [0.5, 0.6) is 57.5 Å². The Bertz CT molecular complexity index is 4360. The molecule has 2 aliphatic rings. The molecule has 518 valence electrons. The van der Waals surface area contributed by atoms with Crippen molar-refractivity contribution in [2.45, 2.75) is 160 Å². The minimum Gasteiger partial charge on any atom is -0.508 e. The summed E-state index contributed by atoms with van der Waals surface area (Å²) in [5, 5.41) is 38.3. The Balaban J connectivity index is 0.000000242. The van der Waals surface area contributed by atoms with Gasteiger partial charge in [-0.25, -0.2) is 0 Å². The van der Waals surface area contributed by atoms with Crippen LogP contribution in [0.4, 0.5) is 0 Å². The normalized spacial score (nSPS) is 12.2. The number of phenolic OH excluding ortho intramolecular Hbond substituents is 4. The van der Waals surface area contributed by atoms with E-state index in [9.17, 15) is 24.9 Å². The van der Waals surface area contributed by atoms with Crippen LogP contribution in [0.3, 0.4) is 0 Å². The Morgan fingerprint density at radius 3 is 0.747 bits per heavy atom. The number of hydrogen-bond donors (Lipinski definition) is 4. The zero-order valence-corrected chi connectivity index (χ0v) is 61.3. The van der Waals surface area contributed by atoms with Gasteiger partial charge < -0.3 is 40.1 Å². The molecule has 0 fully saturated rings. The van der Waals surface area contributed by atoms with Gasteiger partial charge in [-0.1, -0.05) is 68.1 Å². The maximum atomic E-state index is 11.7. The van der Waals surface area contributed by atoms with Gasteiger partial charge in [0.1, 0.15) is 57.5 Å². The van der Waals surface area contributed by atoms with Crippen molar-refractivity contribution >= 4 is 11.6 Å². The van der Waals surface area contributed by atoms with Crippen molar-refractivity contribution in [3.63, 3.8) is 0 Å². The number of benzene rings is 9. The second-order valence-corrected chi connectivity index (χ2v) is 26.4. The lowest BCUT2D eigenvalue weighted by Gasteiger charge is -2.18. The van der Waals surface area contributed by atoms with Crippen LogP contribution in [0.2, 0.25) is 0 Å². The highest BCUT2D eigenvalue weighted by atomic mass is 16.5. The van der Waals surface area contributed by atoms with Crippen molar-refractivity contribution in [1.29, 1.82) is 0 Å². The summed E-state index contributed by atoms with van der Waals surface area (Å²) in [6.07, 6.45) is 7.53. The minimum atomic E-state index is 0. The highest BCUT2D eigenvalue weighted by molar-refractivity contribution is 6.11. The van der Waals surface area contributed by atoms with E-state index in [4.69, 9.17) is 19.3 Å². The van der Waals surface area contributed by atoms with Crippen molar-refractivity contribution in [3.8, 4) is 79.7 Å². The van der Waals surface area contributed by atoms with E-state index in [-0.39, 0.29) is 24.5 Å². The summed E-state index contributed by atoms with van der Waals surface area (Å²) < 4.78 is 19.0. The van der Waals surface area contributed by atoms with Gasteiger partial charge in [0.05, 0.1) is 0 Å². The molecule has 0 saturated heterocycles. The summed E-state index contributed by atoms with van der Waals surface area (Å²) in [7, 11) is 0. The van der Waals surface area contributed by atoms with Gasteiger partial charge in [-0.2, -0.15) is 0 Å². The number of carbonyl (C=O) groups excluding carboxylic acids is 2. The number of carbonyl (C=O) groups is 2. The molecule has 0 aromatic heterocycles. The molecule has 2 aliphatic carbocycles. The fraction of sp³-hybridized carbons (Fsp3) is 0.258. The molecule has 0 radical (unpaired) electrons. The highest BCUT2D eigenvalue weighted by Crippen LogP contribution is 2.41. The van der Waals surface area contributed by atoms with Crippen LogP contribution in [-0.2, 0) is 9.59 Å². The van der Waals surface area contributed by atoms with Crippen molar-refractivity contribution in [3.05, 3.63) is 291 Å². The number of ketones is 2. The summed E-state index contributed by atoms with van der Waals surface area (Å²) in [6.45, 7) is 43.5. The third-order valence-corrected chi connectivity index (χ3v) is 17.3. The second-order valence-electron chi connectivity index (χ2n) is 26.4. The van der Waals surface area contributed by atoms with Gasteiger partial charge in [0.15, 0.2) is 11.6 Å². The molecule has 99 heavy (non-hydrogen) atoms. The average Bonchev–Trinajstić information content (AvgIpc) is 0.804. The van der Waals surface area contributed by atoms with E-state index < -0.39 is 0 Å². The molecule has 0 heterocycles. The van der Waals surface area contributed by atoms with E-state index in [1.165, 1.54) is 0 Å². The zero-order chi connectivity index (χ0) is 71.6. The van der Waals surface area contributed by atoms with Gasteiger partial charge >= 0.3 is 0 Å². The molecule has 0 amide bonds. The Morgan fingerprint density at radius 2 is 0.485 bits per heavy atom. The number of aryl methyl sites for hydroxylation is 18. The lowest BCUT2D eigenvalue weighted by atomic mass is 9.88. The summed E-state index contributed by atoms with van der Waals surface area (Å²) in [5.74, 6) is 6.91. The maximum absolute atomic E-state index is 11.7. The number of phenols is 4. The van der Waals surface area contributed by atoms with E-state index in [1.54, 1.807) is 12.1 Å². The Morgan fingerprint density at radius 1 is 0.263 bits per heavy atom. The summed E-state index contributed by atoms with van der Waals surface area (Å²) in [5.41, 5.74) is 28.1. The predicted octanol–water partition coefficient (Wildman–Crippen LogP) is 22.9. The SMILES string of the molecule is C.CC1=CC(=C2C=C(C)C(=O)C(C)=C2)C=C(C)C1=O.Cc1cc(-c2cc(C)c(Oc3c(C)cccc3C)c(C)c2)cc(C)c1O.Cc1cc(C)cc(O)c1.Cc1cc(Oc2c(C)cc(-c3cc(C)c(Oc4c(C)cccc4C)c(C)c3)cc2C)cc(C)c1O.Cc1cccc(C)c1O.O. The molecular weight excluding hydrogens is 1230 g/mol. The van der Waals surface area contributed by atoms with E-state index in [2.05, 4.69) is 142 Å². The van der Waals surface area contributed by atoms with Crippen LogP contribution in [0.25, 0.3) is 22.3 Å². The zero-order valence-electron chi connectivity index (χ0n) is 61.3. The van der Waals surface area contributed by atoms with Crippen LogP contribution in [0.15, 0.2) is 191 Å². The molecule has 9 aromatic rings.